The Morgan fingerprint density at radius 3 is 2.16 bits per heavy atom. The van der Waals surface area contributed by atoms with E-state index in [9.17, 15) is 18.0 Å². The van der Waals surface area contributed by atoms with Crippen molar-refractivity contribution in [3.8, 4) is 11.3 Å². The average Bonchev–Trinajstić information content (AvgIpc) is 2.92. The zero-order valence-electron chi connectivity index (χ0n) is 14.3. The van der Waals surface area contributed by atoms with Crippen LogP contribution in [0.25, 0.3) is 11.3 Å². The van der Waals surface area contributed by atoms with Crippen LogP contribution in [-0.4, -0.2) is 21.9 Å². The van der Waals surface area contributed by atoms with Gasteiger partial charge in [-0.15, -0.1) is 0 Å². The number of benzene rings is 1. The molecule has 25 heavy (non-hydrogen) atoms. The molecule has 2 aromatic rings. The van der Waals surface area contributed by atoms with E-state index in [-0.39, 0.29) is 11.3 Å². The first kappa shape index (κ1) is 20.5. The molecule has 1 aromatic carbocycles. The molecule has 0 radical (unpaired) electrons. The fourth-order valence-electron chi connectivity index (χ4n) is 2.13. The summed E-state index contributed by atoms with van der Waals surface area (Å²) in [6, 6.07) is 4.57. The molecule has 0 aliphatic carbocycles. The topological polar surface area (TPSA) is 113 Å². The summed E-state index contributed by atoms with van der Waals surface area (Å²) in [7, 11) is 0. The number of aromatic nitrogens is 2. The third kappa shape index (κ3) is 4.30. The number of nitrogens with zero attached hydrogens (tertiary/aromatic N) is 2. The van der Waals surface area contributed by atoms with Gasteiger partial charge in [-0.05, 0) is 12.5 Å². The van der Waals surface area contributed by atoms with Crippen LogP contribution in [0.5, 0.6) is 0 Å². The molecule has 1 atom stereocenters. The maximum Gasteiger partial charge on any atom is 0.410 e. The Kier molecular flexibility index (Phi) is 6.57. The van der Waals surface area contributed by atoms with Crippen molar-refractivity contribution < 1.29 is 18.0 Å². The van der Waals surface area contributed by atoms with Crippen LogP contribution >= 0.6 is 0 Å². The summed E-state index contributed by atoms with van der Waals surface area (Å²) in [6.07, 6.45) is -4.56. The molecule has 0 aliphatic heterocycles. The zero-order chi connectivity index (χ0) is 19.4. The Labute approximate surface area is 143 Å². The van der Waals surface area contributed by atoms with Crippen molar-refractivity contribution >= 4 is 11.7 Å². The van der Waals surface area contributed by atoms with Crippen LogP contribution in [0.3, 0.4) is 0 Å². The molecule has 0 aliphatic rings. The first-order chi connectivity index (χ1) is 11.7. The van der Waals surface area contributed by atoms with Crippen molar-refractivity contribution in [2.24, 2.45) is 11.5 Å². The molecule has 1 aromatic heterocycles. The van der Waals surface area contributed by atoms with Gasteiger partial charge in [-0.25, -0.2) is 4.68 Å². The molecule has 0 bridgehead atoms. The fourth-order valence-corrected chi connectivity index (χ4v) is 2.13. The molecule has 1 amide bonds. The summed E-state index contributed by atoms with van der Waals surface area (Å²) in [6.45, 7) is 5.21. The Hall–Kier alpha value is -2.55. The van der Waals surface area contributed by atoms with Crippen LogP contribution in [0.15, 0.2) is 24.3 Å². The van der Waals surface area contributed by atoms with Crippen LogP contribution in [0.1, 0.15) is 42.7 Å². The van der Waals surface area contributed by atoms with Gasteiger partial charge in [-0.3, -0.25) is 4.79 Å². The van der Waals surface area contributed by atoms with Gasteiger partial charge in [0, 0.05) is 12.1 Å². The summed E-state index contributed by atoms with van der Waals surface area (Å²) in [5, 5.41) is 3.86. The number of hydrogen-bond donors (Lipinski definition) is 3. The maximum absolute atomic E-state index is 12.9. The van der Waals surface area contributed by atoms with Gasteiger partial charge in [0.2, 0.25) is 0 Å². The first-order valence-corrected chi connectivity index (χ1v) is 7.70. The average molecular weight is 357 g/mol. The molecule has 0 saturated heterocycles. The van der Waals surface area contributed by atoms with Crippen molar-refractivity contribution in [3.63, 3.8) is 0 Å². The summed E-state index contributed by atoms with van der Waals surface area (Å²) >= 11 is 0. The molecule has 0 spiro atoms. The van der Waals surface area contributed by atoms with Gasteiger partial charge in [-0.1, -0.05) is 38.1 Å². The standard InChI is InChI=1S/C14H16F3N5O.C2H6/c1-7(14(15,16)17)22-12(19)10(13(20)23)11(21-22)9-4-2-8(6-18)3-5-9;1-2/h2-5,7H,6,18-19H2,1H3,(H2,20,23);1-2H3. The minimum Gasteiger partial charge on any atom is -0.383 e. The van der Waals surface area contributed by atoms with Gasteiger partial charge in [0.15, 0.2) is 0 Å². The van der Waals surface area contributed by atoms with Crippen molar-refractivity contribution in [1.82, 2.24) is 9.78 Å². The minimum atomic E-state index is -4.56. The molecule has 2 rings (SSSR count). The molecular weight excluding hydrogens is 335 g/mol. The number of rotatable bonds is 4. The molecule has 1 heterocycles. The van der Waals surface area contributed by atoms with Crippen molar-refractivity contribution in [3.05, 3.63) is 35.4 Å². The molecule has 6 nitrogen and oxygen atoms in total. The lowest BCUT2D eigenvalue weighted by molar-refractivity contribution is -0.164. The summed E-state index contributed by atoms with van der Waals surface area (Å²) < 4.78 is 39.3. The van der Waals surface area contributed by atoms with Crippen LogP contribution in [0.2, 0.25) is 0 Å². The predicted molar refractivity (Wildman–Crippen MR) is 90.6 cm³/mol. The van der Waals surface area contributed by atoms with Crippen LogP contribution in [0.4, 0.5) is 19.0 Å². The van der Waals surface area contributed by atoms with E-state index in [0.29, 0.717) is 16.8 Å². The lowest BCUT2D eigenvalue weighted by Crippen LogP contribution is -2.26. The maximum atomic E-state index is 12.9. The largest absolute Gasteiger partial charge is 0.410 e. The van der Waals surface area contributed by atoms with Gasteiger partial charge in [0.25, 0.3) is 5.91 Å². The van der Waals surface area contributed by atoms with Gasteiger partial charge in [0.05, 0.1) is 0 Å². The predicted octanol–water partition coefficient (Wildman–Crippen LogP) is 2.84. The molecule has 6 N–H and O–H groups in total. The highest BCUT2D eigenvalue weighted by atomic mass is 19.4. The summed E-state index contributed by atoms with van der Waals surface area (Å²) in [5.74, 6) is -1.36. The number of carbonyl (C=O) groups is 1. The van der Waals surface area contributed by atoms with Crippen molar-refractivity contribution in [2.45, 2.75) is 39.5 Å². The van der Waals surface area contributed by atoms with E-state index in [2.05, 4.69) is 5.10 Å². The number of hydrogen-bond acceptors (Lipinski definition) is 4. The Morgan fingerprint density at radius 2 is 1.76 bits per heavy atom. The molecule has 0 fully saturated rings. The highest BCUT2D eigenvalue weighted by molar-refractivity contribution is 6.03. The normalized spacial score (nSPS) is 12.3. The Morgan fingerprint density at radius 1 is 1.24 bits per heavy atom. The number of carbonyl (C=O) groups excluding carboxylic acids is 1. The van der Waals surface area contributed by atoms with Crippen molar-refractivity contribution in [1.29, 1.82) is 0 Å². The lowest BCUT2D eigenvalue weighted by atomic mass is 10.1. The second-order valence-electron chi connectivity index (χ2n) is 5.04. The fraction of sp³-hybridized carbons (Fsp3) is 0.375. The van der Waals surface area contributed by atoms with E-state index in [1.54, 1.807) is 24.3 Å². The van der Waals surface area contributed by atoms with E-state index in [1.165, 1.54) is 0 Å². The van der Waals surface area contributed by atoms with Gasteiger partial charge in [-0.2, -0.15) is 18.3 Å². The number of anilines is 1. The van der Waals surface area contributed by atoms with Gasteiger partial charge in [0.1, 0.15) is 23.1 Å². The minimum absolute atomic E-state index is 0.00896. The Balaban J connectivity index is 0.00000151. The number of halogens is 3. The monoisotopic (exact) mass is 357 g/mol. The van der Waals surface area contributed by atoms with Crippen LogP contribution in [0, 0.1) is 0 Å². The van der Waals surface area contributed by atoms with Crippen LogP contribution in [-0.2, 0) is 6.54 Å². The number of amides is 1. The third-order valence-corrected chi connectivity index (χ3v) is 3.50. The quantitative estimate of drug-likeness (QED) is 0.781. The van der Waals surface area contributed by atoms with Gasteiger partial charge < -0.3 is 17.2 Å². The van der Waals surface area contributed by atoms with E-state index >= 15 is 0 Å². The summed E-state index contributed by atoms with van der Waals surface area (Å²) in [4.78, 5) is 11.6. The Bertz CT molecular complexity index is 723. The molecule has 0 saturated carbocycles. The van der Waals surface area contributed by atoms with Crippen LogP contribution < -0.4 is 17.2 Å². The van der Waals surface area contributed by atoms with Crippen molar-refractivity contribution in [2.75, 3.05) is 5.73 Å². The van der Waals surface area contributed by atoms with Gasteiger partial charge >= 0.3 is 6.18 Å². The van der Waals surface area contributed by atoms with E-state index in [4.69, 9.17) is 17.2 Å². The number of primary amides is 1. The first-order valence-electron chi connectivity index (χ1n) is 7.70. The smallest absolute Gasteiger partial charge is 0.383 e. The molecular formula is C16H22F3N5O. The number of alkyl halides is 3. The number of nitrogen functional groups attached to an aromatic ring is 1. The van der Waals surface area contributed by atoms with E-state index < -0.39 is 23.9 Å². The summed E-state index contributed by atoms with van der Waals surface area (Å²) in [5.41, 5.74) is 17.5. The zero-order valence-corrected chi connectivity index (χ0v) is 14.3. The SMILES string of the molecule is CC.CC(n1nc(-c2ccc(CN)cc2)c(C(N)=O)c1N)C(F)(F)F. The second-order valence-corrected chi connectivity index (χ2v) is 5.04. The lowest BCUT2D eigenvalue weighted by Gasteiger charge is -2.17. The van der Waals surface area contributed by atoms with E-state index in [0.717, 1.165) is 12.5 Å². The second kappa shape index (κ2) is 8.02. The molecule has 1 unspecified atom stereocenters. The highest BCUT2D eigenvalue weighted by Crippen LogP contribution is 2.35. The van der Waals surface area contributed by atoms with E-state index in [1.807, 2.05) is 13.8 Å². The highest BCUT2D eigenvalue weighted by Gasteiger charge is 2.40. The third-order valence-electron chi connectivity index (χ3n) is 3.50. The number of nitrogens with two attached hydrogens (primary N) is 3. The molecule has 9 heteroatoms. The molecule has 138 valence electrons.